The first-order valence-electron chi connectivity index (χ1n) is 17.8. The minimum atomic E-state index is -1.25. The minimum absolute atomic E-state index is 0.0161. The number of carbonyl (C=O) groups excluding carboxylic acids is 2. The lowest BCUT2D eigenvalue weighted by atomic mass is 10.1. The topological polar surface area (TPSA) is 183 Å². The van der Waals surface area contributed by atoms with Crippen LogP contribution in [0.25, 0.3) is 0 Å². The molecule has 0 saturated heterocycles. The maximum atomic E-state index is 12.6. The molecule has 0 fully saturated rings. The third-order valence-electron chi connectivity index (χ3n) is 6.87. The highest BCUT2D eigenvalue weighted by atomic mass is 16.6. The van der Waals surface area contributed by atoms with Crippen LogP contribution in [0.1, 0.15) is 12.5 Å². The van der Waals surface area contributed by atoms with Gasteiger partial charge in [-0.15, -0.1) is 0 Å². The van der Waals surface area contributed by atoms with Gasteiger partial charge in [-0.1, -0.05) is 18.2 Å². The number of carbonyl (C=O) groups is 2. The molecule has 0 spiro atoms. The molecule has 2 rings (SSSR count). The Morgan fingerprint density at radius 1 is 0.585 bits per heavy atom. The first kappa shape index (κ1) is 45.7. The number of anilines is 1. The second kappa shape index (κ2) is 32.0. The summed E-state index contributed by atoms with van der Waals surface area (Å²) in [6.45, 7) is 11.8. The van der Waals surface area contributed by atoms with Gasteiger partial charge < -0.3 is 57.8 Å². The number of hydrogen-bond acceptors (Lipinski definition) is 15. The van der Waals surface area contributed by atoms with Crippen molar-refractivity contribution in [2.75, 3.05) is 137 Å². The molecular formula is C37H57N3O13. The van der Waals surface area contributed by atoms with Crippen molar-refractivity contribution in [3.05, 3.63) is 54.1 Å². The highest BCUT2D eigenvalue weighted by Gasteiger charge is 2.23. The molecule has 0 aliphatic heterocycles. The number of ketones is 1. The average Bonchev–Trinajstić information content (AvgIpc) is 3.15. The SMILES string of the molecule is CC(=O)C(N=Nc1ccc(OCCOCCOCCOCCOCCOCCOCCOCCOCCOCCO)cc1)C(=O)Nc1ccccc1C. The van der Waals surface area contributed by atoms with Crippen molar-refractivity contribution < 1.29 is 62.1 Å². The number of nitrogens with zero attached hydrogens (tertiary/aromatic N) is 2. The molecule has 0 saturated carbocycles. The smallest absolute Gasteiger partial charge is 0.258 e. The number of benzene rings is 2. The Bertz CT molecular complexity index is 1240. The standard InChI is InChI=1S/C37H57N3O13/c1-31-5-3-4-6-35(31)38-37(43)36(32(2)42)40-39-33-7-9-34(10-8-33)53-30-29-52-28-27-51-26-25-50-24-23-49-22-21-48-20-19-47-18-17-46-16-15-45-14-13-44-12-11-41/h3-10,36,41H,11-30H2,1-2H3,(H,38,43). The largest absolute Gasteiger partial charge is 0.491 e. The maximum Gasteiger partial charge on any atom is 0.258 e. The lowest BCUT2D eigenvalue weighted by Gasteiger charge is -2.11. The summed E-state index contributed by atoms with van der Waals surface area (Å²) in [5.41, 5.74) is 1.98. The number of ether oxygens (including phenoxy) is 10. The van der Waals surface area contributed by atoms with E-state index in [1.54, 1.807) is 36.4 Å². The summed E-state index contributed by atoms with van der Waals surface area (Å²) < 4.78 is 54.4. The quantitative estimate of drug-likeness (QED) is 0.0596. The van der Waals surface area contributed by atoms with Gasteiger partial charge in [0.25, 0.3) is 5.91 Å². The van der Waals surface area contributed by atoms with Gasteiger partial charge in [-0.2, -0.15) is 10.2 Å². The third-order valence-corrected chi connectivity index (χ3v) is 6.87. The number of rotatable bonds is 35. The van der Waals surface area contributed by atoms with Gasteiger partial charge in [-0.3, -0.25) is 9.59 Å². The van der Waals surface area contributed by atoms with Crippen LogP contribution in [-0.4, -0.2) is 155 Å². The first-order chi connectivity index (χ1) is 26.0. The van der Waals surface area contributed by atoms with E-state index < -0.39 is 17.7 Å². The van der Waals surface area contributed by atoms with E-state index in [0.29, 0.717) is 143 Å². The predicted octanol–water partition coefficient (Wildman–Crippen LogP) is 3.20. The van der Waals surface area contributed by atoms with Crippen molar-refractivity contribution in [2.24, 2.45) is 10.2 Å². The summed E-state index contributed by atoms with van der Waals surface area (Å²) in [5.74, 6) is -0.322. The molecule has 2 aromatic rings. The fourth-order valence-corrected chi connectivity index (χ4v) is 4.11. The molecule has 1 atom stereocenters. The molecule has 16 heteroatoms. The van der Waals surface area contributed by atoms with Gasteiger partial charge in [0, 0.05) is 5.69 Å². The van der Waals surface area contributed by atoms with Crippen LogP contribution in [-0.2, 0) is 52.2 Å². The average molecular weight is 752 g/mol. The summed E-state index contributed by atoms with van der Waals surface area (Å²) in [5, 5.41) is 19.4. The zero-order valence-electron chi connectivity index (χ0n) is 31.1. The van der Waals surface area contributed by atoms with E-state index >= 15 is 0 Å². The van der Waals surface area contributed by atoms with E-state index in [1.165, 1.54) is 6.92 Å². The molecule has 1 unspecified atom stereocenters. The van der Waals surface area contributed by atoms with Crippen molar-refractivity contribution in [3.8, 4) is 5.75 Å². The van der Waals surface area contributed by atoms with E-state index in [4.69, 9.17) is 52.5 Å². The Hall–Kier alpha value is -3.42. The molecule has 0 heterocycles. The van der Waals surface area contributed by atoms with Crippen LogP contribution < -0.4 is 10.1 Å². The number of azo groups is 1. The van der Waals surface area contributed by atoms with Crippen LogP contribution in [0.5, 0.6) is 5.75 Å². The molecule has 2 aromatic carbocycles. The maximum absolute atomic E-state index is 12.6. The Morgan fingerprint density at radius 2 is 0.981 bits per heavy atom. The van der Waals surface area contributed by atoms with Crippen molar-refractivity contribution >= 4 is 23.1 Å². The normalized spacial score (nSPS) is 12.0. The number of para-hydroxylation sites is 1. The minimum Gasteiger partial charge on any atom is -0.491 e. The molecule has 2 N–H and O–H groups in total. The molecule has 298 valence electrons. The van der Waals surface area contributed by atoms with Crippen LogP contribution in [0.2, 0.25) is 0 Å². The predicted molar refractivity (Wildman–Crippen MR) is 195 cm³/mol. The monoisotopic (exact) mass is 751 g/mol. The van der Waals surface area contributed by atoms with E-state index in [1.807, 2.05) is 19.1 Å². The van der Waals surface area contributed by atoms with Gasteiger partial charge in [0.05, 0.1) is 131 Å². The van der Waals surface area contributed by atoms with Crippen LogP contribution in [0, 0.1) is 6.92 Å². The fourth-order valence-electron chi connectivity index (χ4n) is 4.11. The molecule has 0 radical (unpaired) electrons. The van der Waals surface area contributed by atoms with Crippen molar-refractivity contribution in [3.63, 3.8) is 0 Å². The number of hydrogen-bond donors (Lipinski definition) is 2. The summed E-state index contributed by atoms with van der Waals surface area (Å²) in [7, 11) is 0. The van der Waals surface area contributed by atoms with Crippen LogP contribution >= 0.6 is 0 Å². The number of aliphatic hydroxyl groups excluding tert-OH is 1. The molecular weight excluding hydrogens is 694 g/mol. The van der Waals surface area contributed by atoms with E-state index in [-0.39, 0.29) is 6.61 Å². The summed E-state index contributed by atoms with van der Waals surface area (Å²) in [4.78, 5) is 24.7. The Labute approximate surface area is 312 Å². The Morgan fingerprint density at radius 3 is 1.38 bits per heavy atom. The summed E-state index contributed by atoms with van der Waals surface area (Å²) in [6, 6.07) is 12.9. The Kier molecular flexibility index (Phi) is 27.7. The number of Topliss-reactive ketones (excluding diaryl/α,β-unsaturated/α-hetero) is 1. The van der Waals surface area contributed by atoms with Gasteiger partial charge in [-0.25, -0.2) is 0 Å². The second-order valence-corrected chi connectivity index (χ2v) is 11.1. The molecule has 16 nitrogen and oxygen atoms in total. The van der Waals surface area contributed by atoms with E-state index in [9.17, 15) is 9.59 Å². The summed E-state index contributed by atoms with van der Waals surface area (Å²) >= 11 is 0. The molecule has 0 bridgehead atoms. The second-order valence-electron chi connectivity index (χ2n) is 11.1. The lowest BCUT2D eigenvalue weighted by Crippen LogP contribution is -2.32. The summed E-state index contributed by atoms with van der Waals surface area (Å²) in [6.07, 6.45) is 0. The van der Waals surface area contributed by atoms with Crippen LogP contribution in [0.4, 0.5) is 11.4 Å². The lowest BCUT2D eigenvalue weighted by molar-refractivity contribution is -0.126. The molecule has 53 heavy (non-hydrogen) atoms. The number of aryl methyl sites for hydroxylation is 1. The van der Waals surface area contributed by atoms with Gasteiger partial charge in [0.15, 0.2) is 5.78 Å². The van der Waals surface area contributed by atoms with Crippen molar-refractivity contribution in [1.29, 1.82) is 0 Å². The number of nitrogens with one attached hydrogen (secondary N) is 1. The van der Waals surface area contributed by atoms with Crippen LogP contribution in [0.3, 0.4) is 0 Å². The van der Waals surface area contributed by atoms with Gasteiger partial charge in [0.2, 0.25) is 6.04 Å². The first-order valence-corrected chi connectivity index (χ1v) is 17.8. The molecule has 0 aromatic heterocycles. The zero-order chi connectivity index (χ0) is 38.0. The Balaban J connectivity index is 1.33. The number of amides is 1. The van der Waals surface area contributed by atoms with Crippen LogP contribution in [0.15, 0.2) is 58.8 Å². The van der Waals surface area contributed by atoms with Crippen molar-refractivity contribution in [2.45, 2.75) is 19.9 Å². The van der Waals surface area contributed by atoms with Gasteiger partial charge in [-0.05, 0) is 49.7 Å². The fraction of sp³-hybridized carbons (Fsp3) is 0.622. The number of aliphatic hydroxyl groups is 1. The van der Waals surface area contributed by atoms with E-state index in [0.717, 1.165) is 5.56 Å². The highest BCUT2D eigenvalue weighted by molar-refractivity contribution is 6.10. The molecule has 0 aliphatic carbocycles. The molecule has 0 aliphatic rings. The highest BCUT2D eigenvalue weighted by Crippen LogP contribution is 2.20. The van der Waals surface area contributed by atoms with Gasteiger partial charge >= 0.3 is 0 Å². The third kappa shape index (κ3) is 24.5. The molecule has 1 amide bonds. The zero-order valence-corrected chi connectivity index (χ0v) is 31.1. The van der Waals surface area contributed by atoms with E-state index in [2.05, 4.69) is 15.5 Å². The van der Waals surface area contributed by atoms with Gasteiger partial charge in [0.1, 0.15) is 12.4 Å². The van der Waals surface area contributed by atoms with Crippen molar-refractivity contribution in [1.82, 2.24) is 0 Å².